The Balaban J connectivity index is 1.23. The van der Waals surface area contributed by atoms with Crippen molar-refractivity contribution in [3.63, 3.8) is 0 Å². The summed E-state index contributed by atoms with van der Waals surface area (Å²) in [5.74, 6) is -0.962. The Morgan fingerprint density at radius 2 is 2.00 bits per heavy atom. The summed E-state index contributed by atoms with van der Waals surface area (Å²) in [6.07, 6.45) is 7.34. The zero-order valence-electron chi connectivity index (χ0n) is 21.4. The van der Waals surface area contributed by atoms with Crippen molar-refractivity contribution in [2.75, 3.05) is 20.1 Å². The van der Waals surface area contributed by atoms with Crippen LogP contribution in [0.15, 0.2) is 36.4 Å². The summed E-state index contributed by atoms with van der Waals surface area (Å²) in [6.45, 7) is 1.85. The summed E-state index contributed by atoms with van der Waals surface area (Å²) < 4.78 is 33.5. The van der Waals surface area contributed by atoms with E-state index < -0.39 is 28.8 Å². The number of ether oxygens (including phenoxy) is 1. The molecule has 2 saturated carbocycles. The molecule has 2 heterocycles. The number of hydrogen-bond acceptors (Lipinski definition) is 5. The van der Waals surface area contributed by atoms with Crippen molar-refractivity contribution in [3.8, 4) is 11.5 Å². The molecule has 38 heavy (non-hydrogen) atoms. The van der Waals surface area contributed by atoms with Crippen molar-refractivity contribution in [1.29, 1.82) is 0 Å². The number of piperidine rings is 1. The minimum absolute atomic E-state index is 0.0267. The first-order valence-electron chi connectivity index (χ1n) is 13.6. The maximum atomic E-state index is 13.6. The lowest BCUT2D eigenvalue weighted by atomic mass is 9.48. The van der Waals surface area contributed by atoms with E-state index in [0.717, 1.165) is 42.8 Å². The molecule has 1 spiro atoms. The van der Waals surface area contributed by atoms with Crippen molar-refractivity contribution in [1.82, 2.24) is 9.80 Å². The second-order valence-corrected chi connectivity index (χ2v) is 11.9. The molecule has 6 nitrogen and oxygen atoms in total. The van der Waals surface area contributed by atoms with Gasteiger partial charge in [-0.05, 0) is 86.4 Å². The van der Waals surface area contributed by atoms with Crippen LogP contribution in [0.2, 0.25) is 0 Å². The number of aliphatic hydroxyl groups is 1. The summed E-state index contributed by atoms with van der Waals surface area (Å²) in [4.78, 5) is 17.4. The molecule has 8 heteroatoms. The van der Waals surface area contributed by atoms with Gasteiger partial charge in [0.05, 0.1) is 17.1 Å². The number of amides is 1. The Labute approximate surface area is 220 Å². The molecule has 200 valence electrons. The van der Waals surface area contributed by atoms with Crippen LogP contribution < -0.4 is 4.74 Å². The normalized spacial score (nSPS) is 33.2. The van der Waals surface area contributed by atoms with Gasteiger partial charge in [0.2, 0.25) is 5.91 Å². The molecular weight excluding hydrogens is 490 g/mol. The van der Waals surface area contributed by atoms with E-state index in [-0.39, 0.29) is 23.7 Å². The Hall–Kier alpha value is -2.97. The molecule has 3 fully saturated rings. The molecule has 7 rings (SSSR count). The van der Waals surface area contributed by atoms with Gasteiger partial charge in [0.15, 0.2) is 23.1 Å². The number of phenolic OH excluding ortho intramolecular Hbond substituents is 1. The van der Waals surface area contributed by atoms with Gasteiger partial charge in [-0.2, -0.15) is 0 Å². The van der Waals surface area contributed by atoms with E-state index in [1.807, 2.05) is 6.07 Å². The first-order chi connectivity index (χ1) is 18.2. The second kappa shape index (κ2) is 8.26. The summed E-state index contributed by atoms with van der Waals surface area (Å²) in [7, 11) is 1.72. The van der Waals surface area contributed by atoms with Crippen molar-refractivity contribution in [2.24, 2.45) is 5.92 Å². The zero-order valence-corrected chi connectivity index (χ0v) is 21.4. The summed E-state index contributed by atoms with van der Waals surface area (Å²) in [6, 6.07) is 6.80. The fraction of sp³-hybridized carbons (Fsp3) is 0.500. The first-order valence-corrected chi connectivity index (χ1v) is 13.6. The SMILES string of the molecule is CN(C(=O)/C=C/c1ccc(F)c(F)c1)C1CC[C@@]2(O)[C@H]3Cc4ccc(O)c5c4[C@@]2(CCN3CC2CC2)C1O5. The maximum absolute atomic E-state index is 13.6. The van der Waals surface area contributed by atoms with Crippen molar-refractivity contribution in [3.05, 3.63) is 64.7 Å². The van der Waals surface area contributed by atoms with Gasteiger partial charge in [-0.1, -0.05) is 12.1 Å². The monoisotopic (exact) mass is 522 g/mol. The van der Waals surface area contributed by atoms with Gasteiger partial charge >= 0.3 is 0 Å². The van der Waals surface area contributed by atoms with E-state index >= 15 is 0 Å². The average Bonchev–Trinajstić information content (AvgIpc) is 3.64. The van der Waals surface area contributed by atoms with Crippen LogP contribution in [0.4, 0.5) is 8.78 Å². The van der Waals surface area contributed by atoms with Crippen LogP contribution in [-0.2, 0) is 16.6 Å². The minimum Gasteiger partial charge on any atom is -0.504 e. The molecule has 2 unspecified atom stereocenters. The Morgan fingerprint density at radius 1 is 1.18 bits per heavy atom. The highest BCUT2D eigenvalue weighted by atomic mass is 19.2. The first kappa shape index (κ1) is 24.1. The van der Waals surface area contributed by atoms with E-state index in [9.17, 15) is 23.8 Å². The molecule has 2 aromatic rings. The largest absolute Gasteiger partial charge is 0.504 e. The standard InChI is InChI=1S/C30H32F2N2O4/c1-33(25(36)9-5-17-4-7-20(31)21(32)14-17)22-10-11-30(37)24-15-19-6-8-23(35)27-26(19)29(30,28(22)38-27)12-13-34(24)16-18-2-3-18/h4-9,14,18,22,24,28,35,37H,2-3,10-13,15-16H2,1H3/b9-5+/t22?,24-,28?,29+,30-/m1/s1. The molecule has 2 aromatic carbocycles. The fourth-order valence-electron chi connectivity index (χ4n) is 7.92. The van der Waals surface area contributed by atoms with Crippen LogP contribution in [0.3, 0.4) is 0 Å². The van der Waals surface area contributed by atoms with Crippen molar-refractivity contribution in [2.45, 2.75) is 67.7 Å². The van der Waals surface area contributed by atoms with Gasteiger partial charge < -0.3 is 19.8 Å². The molecule has 5 aliphatic rings. The quantitative estimate of drug-likeness (QED) is 0.585. The molecule has 2 bridgehead atoms. The number of phenols is 1. The highest BCUT2D eigenvalue weighted by Crippen LogP contribution is 2.66. The number of rotatable bonds is 5. The predicted molar refractivity (Wildman–Crippen MR) is 137 cm³/mol. The number of halogens is 2. The topological polar surface area (TPSA) is 73.2 Å². The Bertz CT molecular complexity index is 1360. The lowest BCUT2D eigenvalue weighted by molar-refractivity contribution is -0.200. The predicted octanol–water partition coefficient (Wildman–Crippen LogP) is 3.77. The van der Waals surface area contributed by atoms with Crippen molar-refractivity contribution < 1.29 is 28.5 Å². The van der Waals surface area contributed by atoms with Gasteiger partial charge in [-0.25, -0.2) is 8.78 Å². The number of carbonyl (C=O) groups excluding carboxylic acids is 1. The second-order valence-electron chi connectivity index (χ2n) is 11.9. The number of likely N-dealkylation sites (N-methyl/N-ethyl adjacent to an activating group) is 1. The lowest BCUT2D eigenvalue weighted by Gasteiger charge is -2.64. The van der Waals surface area contributed by atoms with Crippen LogP contribution in [0.1, 0.15) is 48.8 Å². The third-order valence-electron chi connectivity index (χ3n) is 9.94. The van der Waals surface area contributed by atoms with E-state index in [1.54, 1.807) is 18.0 Å². The summed E-state index contributed by atoms with van der Waals surface area (Å²) >= 11 is 0. The molecule has 1 saturated heterocycles. The van der Waals surface area contributed by atoms with Gasteiger partial charge in [-0.15, -0.1) is 0 Å². The molecule has 1 amide bonds. The number of carbonyl (C=O) groups is 1. The third-order valence-corrected chi connectivity index (χ3v) is 9.94. The highest BCUT2D eigenvalue weighted by Gasteiger charge is 2.73. The molecule has 2 aliphatic heterocycles. The lowest BCUT2D eigenvalue weighted by Crippen LogP contribution is -2.78. The molecular formula is C30H32F2N2O4. The Morgan fingerprint density at radius 3 is 2.76 bits per heavy atom. The van der Waals surface area contributed by atoms with Gasteiger partial charge in [0.25, 0.3) is 0 Å². The number of benzene rings is 2. The molecule has 0 radical (unpaired) electrons. The number of aromatic hydroxyl groups is 1. The molecule has 0 aromatic heterocycles. The van der Waals surface area contributed by atoms with Crippen LogP contribution in [-0.4, -0.2) is 69.8 Å². The van der Waals surface area contributed by atoms with E-state index in [4.69, 9.17) is 4.74 Å². The highest BCUT2D eigenvalue weighted by molar-refractivity contribution is 5.92. The number of likely N-dealkylation sites (tertiary alicyclic amines) is 1. The van der Waals surface area contributed by atoms with Gasteiger partial charge in [-0.3, -0.25) is 9.69 Å². The molecule has 2 N–H and O–H groups in total. The van der Waals surface area contributed by atoms with E-state index in [2.05, 4.69) is 4.90 Å². The summed E-state index contributed by atoms with van der Waals surface area (Å²) in [5, 5.41) is 23.3. The zero-order chi connectivity index (χ0) is 26.4. The van der Waals surface area contributed by atoms with Crippen LogP contribution in [0.25, 0.3) is 6.08 Å². The van der Waals surface area contributed by atoms with Gasteiger partial charge in [0, 0.05) is 31.3 Å². The number of nitrogens with zero attached hydrogens (tertiary/aromatic N) is 2. The van der Waals surface area contributed by atoms with Gasteiger partial charge in [0.1, 0.15) is 6.10 Å². The van der Waals surface area contributed by atoms with Crippen LogP contribution in [0.5, 0.6) is 11.5 Å². The smallest absolute Gasteiger partial charge is 0.246 e. The third kappa shape index (κ3) is 3.26. The van der Waals surface area contributed by atoms with E-state index in [1.165, 1.54) is 31.1 Å². The Kier molecular flexibility index (Phi) is 5.24. The molecule has 5 atom stereocenters. The van der Waals surface area contributed by atoms with Crippen LogP contribution >= 0.6 is 0 Å². The molecule has 3 aliphatic carbocycles. The van der Waals surface area contributed by atoms with Crippen molar-refractivity contribution >= 4 is 12.0 Å². The average molecular weight is 523 g/mol. The minimum atomic E-state index is -1.02. The number of hydrogen-bond donors (Lipinski definition) is 2. The fourth-order valence-corrected chi connectivity index (χ4v) is 7.92. The van der Waals surface area contributed by atoms with Crippen LogP contribution in [0, 0.1) is 17.6 Å². The summed E-state index contributed by atoms with van der Waals surface area (Å²) in [5.41, 5.74) is 0.706. The van der Waals surface area contributed by atoms with E-state index in [0.29, 0.717) is 36.5 Å². The maximum Gasteiger partial charge on any atom is 0.246 e.